The topological polar surface area (TPSA) is 163 Å². The summed E-state index contributed by atoms with van der Waals surface area (Å²) < 4.78 is 43.3. The average molecular weight is 989 g/mol. The van der Waals surface area contributed by atoms with E-state index in [9.17, 15) is 19.5 Å². The zero-order chi connectivity index (χ0) is 51.0. The number of aliphatic imine (C=N–C) groups is 1. The summed E-state index contributed by atoms with van der Waals surface area (Å²) in [5.74, 6) is 1.29. The molecular weight excluding hydrogens is 920 g/mol. The molecule has 0 radical (unpaired) electrons. The van der Waals surface area contributed by atoms with E-state index in [0.29, 0.717) is 42.0 Å². The average Bonchev–Trinajstić information content (AvgIpc) is 3.73. The first kappa shape index (κ1) is 53.1. The Morgan fingerprint density at radius 2 is 1.42 bits per heavy atom. The number of aromatic nitrogens is 2. The van der Waals surface area contributed by atoms with Gasteiger partial charge in [-0.15, -0.1) is 0 Å². The van der Waals surface area contributed by atoms with E-state index in [2.05, 4.69) is 37.3 Å². The number of aryl methyl sites for hydroxylation is 1. The van der Waals surface area contributed by atoms with Crippen LogP contribution < -0.4 is 20.7 Å². The van der Waals surface area contributed by atoms with Crippen LogP contribution in [-0.4, -0.2) is 88.6 Å². The van der Waals surface area contributed by atoms with E-state index < -0.39 is 49.9 Å². The second-order valence-electron chi connectivity index (χ2n) is 19.7. The van der Waals surface area contributed by atoms with Gasteiger partial charge in [0.15, 0.2) is 5.78 Å². The molecule has 1 aliphatic carbocycles. The van der Waals surface area contributed by atoms with Gasteiger partial charge in [0.2, 0.25) is 0 Å². The number of Topliss-reactive ketones (excluding diaryl/α,β-unsaturated/α-hetero) is 1. The largest absolute Gasteiger partial charge is 0.511 e. The van der Waals surface area contributed by atoms with Crippen molar-refractivity contribution in [1.82, 2.24) is 14.2 Å². The lowest BCUT2D eigenvalue weighted by atomic mass is 9.75. The van der Waals surface area contributed by atoms with E-state index in [1.54, 1.807) is 28.1 Å². The molecule has 7 rings (SSSR count). The molecule has 1 unspecified atom stereocenters. The fourth-order valence-corrected chi connectivity index (χ4v) is 11.5. The number of benzene rings is 4. The lowest BCUT2D eigenvalue weighted by Crippen LogP contribution is -2.40. The minimum absolute atomic E-state index is 0.0126. The number of rotatable bonds is 21. The molecule has 71 heavy (non-hydrogen) atoms. The molecule has 0 spiro atoms. The van der Waals surface area contributed by atoms with E-state index in [0.717, 1.165) is 22.3 Å². The quantitative estimate of drug-likeness (QED) is 0.0409. The molecule has 1 aromatic heterocycles. The van der Waals surface area contributed by atoms with Crippen LogP contribution in [0.4, 0.5) is 0 Å². The predicted molar refractivity (Wildman–Crippen MR) is 277 cm³/mol. The molecule has 2 N–H and O–H groups in total. The maximum Gasteiger partial charge on any atom is 0.330 e. The molecule has 1 saturated heterocycles. The van der Waals surface area contributed by atoms with Gasteiger partial charge in [-0.1, -0.05) is 98.8 Å². The molecule has 5 atom stereocenters. The Balaban J connectivity index is 1.29. The zero-order valence-corrected chi connectivity index (χ0v) is 43.5. The van der Waals surface area contributed by atoms with E-state index in [4.69, 9.17) is 33.0 Å². The Morgan fingerprint density at radius 1 is 0.859 bits per heavy atom. The molecule has 15 heteroatoms. The molecule has 5 aromatic rings. The number of methoxy groups -OCH3 is 2. The summed E-state index contributed by atoms with van der Waals surface area (Å²) in [7, 11) is 1.38. The zero-order valence-electron chi connectivity index (χ0n) is 42.6. The van der Waals surface area contributed by atoms with Gasteiger partial charge < -0.3 is 33.1 Å². The highest BCUT2D eigenvalue weighted by atomic mass is 31.2. The smallest absolute Gasteiger partial charge is 0.330 e. The fourth-order valence-electron chi connectivity index (χ4n) is 9.67. The number of aliphatic hydroxyl groups excluding tert-OH is 1. The second kappa shape index (κ2) is 23.2. The second-order valence-corrected chi connectivity index (χ2v) is 21.1. The Labute approximate surface area is 418 Å². The lowest BCUT2D eigenvalue weighted by Gasteiger charge is -2.39. The standard InChI is InChI=1S/C56H69N4O10P/c1-36(2)60(37(3)4)71(68-34-44(29-40-17-13-11-14-18-40)57-39(6)52-47(61)31-55(7,8)32-48(52)62)70-49-30-51(59-33-38(5)53(63)58-54(59)64)69-50(49)35-67-56(41-19-15-12-16-20-41,42-21-25-45(65-9)26-22-42)43-23-27-46(66-10)28-24-43/h11-28,33,36-37,44,49-51,61H,29-32,34-35H2,1-10H3,(H,58,63,64)/t44-,49-,50+,51+,71?/m0/s1. The number of carbonyl (C=O) groups excluding carboxylic acids is 1. The molecule has 2 aliphatic rings. The van der Waals surface area contributed by atoms with Crippen LogP contribution in [0.2, 0.25) is 0 Å². The SMILES string of the molecule is COc1ccc(C(OC[C@H]2O[C@@H](n3cc(C)c(=O)[nH]c3=O)C[C@@H]2OP(OC[C@H](Cc2ccccc2)N=C(C)C2=C(O)CC(C)(C)CC2=O)N(C(C)C)C(C)C)(c2ccccc2)c2ccc(OC)cc2)cc1. The normalized spacial score (nSPS) is 19.4. The summed E-state index contributed by atoms with van der Waals surface area (Å²) in [5.41, 5.74) is 2.00. The number of allylic oxidation sites excluding steroid dienone is 2. The maximum absolute atomic E-state index is 13.5. The number of ether oxygens (including phenoxy) is 4. The first-order chi connectivity index (χ1) is 33.9. The summed E-state index contributed by atoms with van der Waals surface area (Å²) in [6, 6.07) is 35.0. The highest BCUT2D eigenvalue weighted by Gasteiger charge is 2.45. The van der Waals surface area contributed by atoms with Gasteiger partial charge in [0, 0.05) is 48.8 Å². The summed E-state index contributed by atoms with van der Waals surface area (Å²) in [4.78, 5) is 47.2. The van der Waals surface area contributed by atoms with E-state index in [1.165, 1.54) is 10.8 Å². The number of aliphatic hydroxyl groups is 1. The van der Waals surface area contributed by atoms with Gasteiger partial charge in [-0.05, 0) is 99.9 Å². The lowest BCUT2D eigenvalue weighted by molar-refractivity contribution is -0.117. The molecule has 378 valence electrons. The Kier molecular flexibility index (Phi) is 17.4. The van der Waals surface area contributed by atoms with Gasteiger partial charge in [0.1, 0.15) is 35.2 Å². The third-order valence-electron chi connectivity index (χ3n) is 13.0. The highest BCUT2D eigenvalue weighted by molar-refractivity contribution is 7.44. The molecule has 1 fully saturated rings. The van der Waals surface area contributed by atoms with Crippen LogP contribution in [0.15, 0.2) is 141 Å². The molecule has 1 aliphatic heterocycles. The first-order valence-electron chi connectivity index (χ1n) is 24.3. The first-order valence-corrected chi connectivity index (χ1v) is 25.4. The van der Waals surface area contributed by atoms with Crippen LogP contribution in [0.1, 0.15) is 102 Å². The van der Waals surface area contributed by atoms with E-state index in [1.807, 2.05) is 123 Å². The predicted octanol–water partition coefficient (Wildman–Crippen LogP) is 10.2. The van der Waals surface area contributed by atoms with Crippen LogP contribution in [0, 0.1) is 12.3 Å². The monoisotopic (exact) mass is 988 g/mol. The van der Waals surface area contributed by atoms with Crippen LogP contribution in [0.3, 0.4) is 0 Å². The van der Waals surface area contributed by atoms with Crippen molar-refractivity contribution in [2.24, 2.45) is 10.4 Å². The van der Waals surface area contributed by atoms with Crippen molar-refractivity contribution in [1.29, 1.82) is 0 Å². The van der Waals surface area contributed by atoms with Gasteiger partial charge in [0.05, 0.1) is 45.2 Å². The van der Waals surface area contributed by atoms with E-state index >= 15 is 0 Å². The van der Waals surface area contributed by atoms with E-state index in [-0.39, 0.29) is 54.2 Å². The van der Waals surface area contributed by atoms with Crippen molar-refractivity contribution in [3.63, 3.8) is 0 Å². The number of ketones is 1. The Bertz CT molecular complexity index is 2700. The Morgan fingerprint density at radius 3 is 1.97 bits per heavy atom. The van der Waals surface area contributed by atoms with Crippen LogP contribution in [-0.2, 0) is 35.3 Å². The van der Waals surface area contributed by atoms with Crippen molar-refractivity contribution < 1.29 is 37.9 Å². The number of nitrogens with zero attached hydrogens (tertiary/aromatic N) is 3. The third kappa shape index (κ3) is 12.5. The fraction of sp³-hybridized carbons (Fsp3) is 0.429. The minimum atomic E-state index is -1.88. The Hall–Kier alpha value is -5.73. The molecule has 2 heterocycles. The molecule has 4 aromatic carbocycles. The van der Waals surface area contributed by atoms with Gasteiger partial charge in [-0.2, -0.15) is 0 Å². The van der Waals surface area contributed by atoms with Gasteiger partial charge in [0.25, 0.3) is 14.1 Å². The van der Waals surface area contributed by atoms with Crippen LogP contribution in [0.5, 0.6) is 11.5 Å². The number of hydrogen-bond donors (Lipinski definition) is 2. The number of nitrogens with one attached hydrogen (secondary N) is 1. The van der Waals surface area contributed by atoms with Gasteiger partial charge >= 0.3 is 5.69 Å². The maximum atomic E-state index is 13.5. The third-order valence-corrected chi connectivity index (χ3v) is 15.2. The number of carbonyl (C=O) groups is 1. The number of aromatic amines is 1. The molecule has 0 saturated carbocycles. The van der Waals surface area contributed by atoms with Crippen molar-refractivity contribution in [3.8, 4) is 11.5 Å². The summed E-state index contributed by atoms with van der Waals surface area (Å²) in [6.45, 7) is 15.8. The number of H-pyrrole nitrogens is 1. The molecule has 0 amide bonds. The van der Waals surface area contributed by atoms with Gasteiger partial charge in [-0.3, -0.25) is 24.1 Å². The summed E-state index contributed by atoms with van der Waals surface area (Å²) in [6.07, 6.45) is 0.599. The minimum Gasteiger partial charge on any atom is -0.511 e. The summed E-state index contributed by atoms with van der Waals surface area (Å²) in [5, 5.41) is 11.2. The van der Waals surface area contributed by atoms with Crippen LogP contribution >= 0.6 is 8.53 Å². The molecule has 14 nitrogen and oxygen atoms in total. The highest BCUT2D eigenvalue weighted by Crippen LogP contribution is 2.51. The molecule has 0 bridgehead atoms. The summed E-state index contributed by atoms with van der Waals surface area (Å²) >= 11 is 0. The van der Waals surface area contributed by atoms with Gasteiger partial charge in [-0.25, -0.2) is 9.46 Å². The molecular formula is C56H69N4O10P. The van der Waals surface area contributed by atoms with Crippen molar-refractivity contribution in [2.45, 2.75) is 123 Å². The van der Waals surface area contributed by atoms with Crippen molar-refractivity contribution in [3.05, 3.63) is 175 Å². The van der Waals surface area contributed by atoms with Crippen molar-refractivity contribution >= 4 is 20.0 Å². The number of hydrogen-bond acceptors (Lipinski definition) is 12. The van der Waals surface area contributed by atoms with Crippen LogP contribution in [0.25, 0.3) is 0 Å². The van der Waals surface area contributed by atoms with Crippen molar-refractivity contribution in [2.75, 3.05) is 27.4 Å².